The molecule has 4 rings (SSSR count). The van der Waals surface area contributed by atoms with E-state index in [0.29, 0.717) is 12.3 Å². The standard InChI is InChI=1S/C24H27NO3/c1-3-28-24(26)21-16-20-22(27-2)15-18-11-7-8-12-19(18)23(20)25(21)14-13-17-9-5-4-6-10-17/h4-6,9-10,15-16H,3,7-8,11-14H2,1-2H3. The van der Waals surface area contributed by atoms with Crippen LogP contribution in [0.4, 0.5) is 0 Å². The zero-order chi connectivity index (χ0) is 19.5. The summed E-state index contributed by atoms with van der Waals surface area (Å²) in [4.78, 5) is 12.7. The molecule has 0 unspecified atom stereocenters. The van der Waals surface area contributed by atoms with Crippen molar-refractivity contribution >= 4 is 16.9 Å². The largest absolute Gasteiger partial charge is 0.496 e. The van der Waals surface area contributed by atoms with Gasteiger partial charge in [-0.1, -0.05) is 30.3 Å². The average Bonchev–Trinajstić information content (AvgIpc) is 3.12. The summed E-state index contributed by atoms with van der Waals surface area (Å²) in [7, 11) is 1.70. The van der Waals surface area contributed by atoms with E-state index in [1.54, 1.807) is 7.11 Å². The van der Waals surface area contributed by atoms with E-state index in [1.165, 1.54) is 29.5 Å². The van der Waals surface area contributed by atoms with Crippen LogP contribution < -0.4 is 4.74 Å². The Morgan fingerprint density at radius 1 is 1.11 bits per heavy atom. The third-order valence-corrected chi connectivity index (χ3v) is 5.64. The van der Waals surface area contributed by atoms with Crippen LogP contribution in [0.1, 0.15) is 46.9 Å². The van der Waals surface area contributed by atoms with E-state index in [1.807, 2.05) is 19.1 Å². The first kappa shape index (κ1) is 18.6. The lowest BCUT2D eigenvalue weighted by molar-refractivity contribution is 0.0514. The van der Waals surface area contributed by atoms with Gasteiger partial charge in [-0.05, 0) is 67.9 Å². The number of carbonyl (C=O) groups excluding carboxylic acids is 1. The Kier molecular flexibility index (Phi) is 5.38. The van der Waals surface area contributed by atoms with Crippen molar-refractivity contribution in [2.45, 2.75) is 45.6 Å². The van der Waals surface area contributed by atoms with Crippen LogP contribution >= 0.6 is 0 Å². The van der Waals surface area contributed by atoms with Crippen molar-refractivity contribution in [1.29, 1.82) is 0 Å². The molecule has 1 aliphatic carbocycles. The SMILES string of the molecule is CCOC(=O)c1cc2c(OC)cc3c(c2n1CCc1ccccc1)CCCC3. The minimum atomic E-state index is -0.265. The highest BCUT2D eigenvalue weighted by molar-refractivity contribution is 5.99. The highest BCUT2D eigenvalue weighted by atomic mass is 16.5. The lowest BCUT2D eigenvalue weighted by atomic mass is 9.89. The number of esters is 1. The topological polar surface area (TPSA) is 40.5 Å². The molecule has 0 N–H and O–H groups in total. The third kappa shape index (κ3) is 3.39. The van der Waals surface area contributed by atoms with Gasteiger partial charge in [-0.25, -0.2) is 4.79 Å². The van der Waals surface area contributed by atoms with Crippen molar-refractivity contribution in [3.8, 4) is 5.75 Å². The number of rotatable bonds is 6. The molecule has 1 aliphatic rings. The molecule has 0 saturated heterocycles. The molecule has 1 heterocycles. The molecular formula is C24H27NO3. The van der Waals surface area contributed by atoms with Gasteiger partial charge in [-0.15, -0.1) is 0 Å². The Balaban J connectivity index is 1.87. The molecule has 0 amide bonds. The molecule has 28 heavy (non-hydrogen) atoms. The van der Waals surface area contributed by atoms with E-state index in [4.69, 9.17) is 9.47 Å². The van der Waals surface area contributed by atoms with Gasteiger partial charge in [-0.3, -0.25) is 0 Å². The van der Waals surface area contributed by atoms with Crippen LogP contribution in [-0.2, 0) is 30.5 Å². The van der Waals surface area contributed by atoms with Gasteiger partial charge in [0, 0.05) is 11.9 Å². The van der Waals surface area contributed by atoms with Crippen molar-refractivity contribution in [3.05, 3.63) is 64.8 Å². The molecule has 146 valence electrons. The third-order valence-electron chi connectivity index (χ3n) is 5.64. The number of methoxy groups -OCH3 is 1. The van der Waals surface area contributed by atoms with Gasteiger partial charge in [0.05, 0.1) is 19.2 Å². The monoisotopic (exact) mass is 377 g/mol. The van der Waals surface area contributed by atoms with E-state index >= 15 is 0 Å². The van der Waals surface area contributed by atoms with E-state index < -0.39 is 0 Å². The number of hydrogen-bond donors (Lipinski definition) is 0. The second kappa shape index (κ2) is 8.09. The van der Waals surface area contributed by atoms with Crippen LogP contribution in [0.25, 0.3) is 10.9 Å². The smallest absolute Gasteiger partial charge is 0.354 e. The average molecular weight is 377 g/mol. The summed E-state index contributed by atoms with van der Waals surface area (Å²) in [5.41, 5.74) is 5.74. The fraction of sp³-hybridized carbons (Fsp3) is 0.375. The van der Waals surface area contributed by atoms with E-state index in [0.717, 1.165) is 42.5 Å². The Bertz CT molecular complexity index is 988. The van der Waals surface area contributed by atoms with Crippen LogP contribution in [0, 0.1) is 0 Å². The lowest BCUT2D eigenvalue weighted by Gasteiger charge is -2.20. The number of ether oxygens (including phenoxy) is 2. The van der Waals surface area contributed by atoms with Gasteiger partial charge in [0.25, 0.3) is 0 Å². The van der Waals surface area contributed by atoms with Gasteiger partial charge in [0.1, 0.15) is 11.4 Å². The highest BCUT2D eigenvalue weighted by Gasteiger charge is 2.24. The van der Waals surface area contributed by atoms with Crippen molar-refractivity contribution < 1.29 is 14.3 Å². The van der Waals surface area contributed by atoms with E-state index in [-0.39, 0.29) is 5.97 Å². The molecule has 0 spiro atoms. The van der Waals surface area contributed by atoms with Gasteiger partial charge in [-0.2, -0.15) is 0 Å². The van der Waals surface area contributed by atoms with Crippen LogP contribution in [0.5, 0.6) is 5.75 Å². The van der Waals surface area contributed by atoms with E-state index in [9.17, 15) is 4.79 Å². The van der Waals surface area contributed by atoms with Crippen molar-refractivity contribution in [2.24, 2.45) is 0 Å². The summed E-state index contributed by atoms with van der Waals surface area (Å²) in [5, 5.41) is 1.01. The van der Waals surface area contributed by atoms with Crippen molar-refractivity contribution in [3.63, 3.8) is 0 Å². The van der Waals surface area contributed by atoms with Gasteiger partial charge in [0.15, 0.2) is 0 Å². The number of aromatic nitrogens is 1. The molecule has 0 radical (unpaired) electrons. The highest BCUT2D eigenvalue weighted by Crippen LogP contribution is 2.38. The number of aryl methyl sites for hydroxylation is 4. The quantitative estimate of drug-likeness (QED) is 0.571. The number of carbonyl (C=O) groups is 1. The minimum Gasteiger partial charge on any atom is -0.496 e. The summed E-state index contributed by atoms with van der Waals surface area (Å²) in [6.07, 6.45) is 5.38. The fourth-order valence-corrected chi connectivity index (χ4v) is 4.32. The fourth-order valence-electron chi connectivity index (χ4n) is 4.32. The molecule has 1 aromatic heterocycles. The summed E-state index contributed by atoms with van der Waals surface area (Å²) in [5.74, 6) is 0.582. The molecule has 4 heteroatoms. The number of nitrogens with zero attached hydrogens (tertiary/aromatic N) is 1. The first-order chi connectivity index (χ1) is 13.7. The summed E-state index contributed by atoms with van der Waals surface area (Å²) in [6, 6.07) is 14.5. The van der Waals surface area contributed by atoms with Crippen molar-refractivity contribution in [2.75, 3.05) is 13.7 Å². The van der Waals surface area contributed by atoms with E-state index in [2.05, 4.69) is 34.9 Å². The van der Waals surface area contributed by atoms with Gasteiger partial charge in [0.2, 0.25) is 0 Å². The van der Waals surface area contributed by atoms with Crippen LogP contribution in [-0.4, -0.2) is 24.3 Å². The maximum atomic E-state index is 12.7. The molecule has 0 atom stereocenters. The molecule has 0 bridgehead atoms. The molecular weight excluding hydrogens is 350 g/mol. The molecule has 2 aromatic carbocycles. The predicted molar refractivity (Wildman–Crippen MR) is 111 cm³/mol. The predicted octanol–water partition coefficient (Wildman–Crippen LogP) is 4.95. The zero-order valence-electron chi connectivity index (χ0n) is 16.7. The second-order valence-electron chi connectivity index (χ2n) is 7.32. The molecule has 0 saturated carbocycles. The molecule has 0 aliphatic heterocycles. The van der Waals surface area contributed by atoms with Crippen LogP contribution in [0.3, 0.4) is 0 Å². The molecule has 3 aromatic rings. The first-order valence-corrected chi connectivity index (χ1v) is 10.2. The number of benzene rings is 2. The summed E-state index contributed by atoms with van der Waals surface area (Å²) >= 11 is 0. The minimum absolute atomic E-state index is 0.265. The number of hydrogen-bond acceptors (Lipinski definition) is 3. The van der Waals surface area contributed by atoms with Gasteiger partial charge >= 0.3 is 5.97 Å². The first-order valence-electron chi connectivity index (χ1n) is 10.2. The maximum Gasteiger partial charge on any atom is 0.354 e. The maximum absolute atomic E-state index is 12.7. The molecule has 0 fully saturated rings. The zero-order valence-corrected chi connectivity index (χ0v) is 16.7. The Labute approximate surface area is 166 Å². The Morgan fingerprint density at radius 2 is 1.89 bits per heavy atom. The second-order valence-corrected chi connectivity index (χ2v) is 7.32. The van der Waals surface area contributed by atoms with Crippen LogP contribution in [0.2, 0.25) is 0 Å². The molecule has 4 nitrogen and oxygen atoms in total. The Hall–Kier alpha value is -2.75. The summed E-state index contributed by atoms with van der Waals surface area (Å²) < 4.78 is 13.2. The van der Waals surface area contributed by atoms with Crippen LogP contribution in [0.15, 0.2) is 42.5 Å². The summed E-state index contributed by atoms with van der Waals surface area (Å²) in [6.45, 7) is 2.95. The normalized spacial score (nSPS) is 13.4. The number of fused-ring (bicyclic) bond motifs is 3. The Morgan fingerprint density at radius 3 is 2.64 bits per heavy atom. The van der Waals surface area contributed by atoms with Crippen molar-refractivity contribution in [1.82, 2.24) is 4.57 Å². The lowest BCUT2D eigenvalue weighted by Crippen LogP contribution is -2.15. The van der Waals surface area contributed by atoms with Gasteiger partial charge < -0.3 is 14.0 Å².